The van der Waals surface area contributed by atoms with Gasteiger partial charge in [0.05, 0.1) is 11.9 Å². The first-order chi connectivity index (χ1) is 8.66. The molecule has 0 aliphatic carbocycles. The highest BCUT2D eigenvalue weighted by molar-refractivity contribution is 7.98. The van der Waals surface area contributed by atoms with Crippen molar-refractivity contribution in [3.63, 3.8) is 0 Å². The van der Waals surface area contributed by atoms with Crippen LogP contribution in [0.25, 0.3) is 0 Å². The summed E-state index contributed by atoms with van der Waals surface area (Å²) in [7, 11) is 1.72. The Morgan fingerprint density at radius 3 is 2.78 bits per heavy atom. The van der Waals surface area contributed by atoms with Crippen LogP contribution in [-0.2, 0) is 7.05 Å². The van der Waals surface area contributed by atoms with Gasteiger partial charge in [-0.1, -0.05) is 12.8 Å². The van der Waals surface area contributed by atoms with Crippen molar-refractivity contribution in [2.45, 2.75) is 25.7 Å². The first-order valence-corrected chi connectivity index (χ1v) is 7.60. The molecule has 6 heteroatoms. The molecule has 0 unspecified atom stereocenters. The number of nitrogens with two attached hydrogens (primary N) is 1. The molecule has 0 aliphatic rings. The van der Waals surface area contributed by atoms with E-state index in [1.807, 2.05) is 11.8 Å². The largest absolute Gasteiger partial charge is 0.396 e. The molecule has 0 radical (unpaired) electrons. The molecule has 1 amide bonds. The van der Waals surface area contributed by atoms with Crippen LogP contribution in [0.1, 0.15) is 36.2 Å². The molecule has 18 heavy (non-hydrogen) atoms. The van der Waals surface area contributed by atoms with Gasteiger partial charge in [0.2, 0.25) is 0 Å². The summed E-state index contributed by atoms with van der Waals surface area (Å²) in [4.78, 5) is 11.8. The Hall–Kier alpha value is -1.17. The van der Waals surface area contributed by atoms with Crippen LogP contribution in [0.3, 0.4) is 0 Å². The number of aromatic nitrogens is 2. The molecule has 0 fully saturated rings. The third-order valence-corrected chi connectivity index (χ3v) is 3.44. The first-order valence-electron chi connectivity index (χ1n) is 6.21. The summed E-state index contributed by atoms with van der Waals surface area (Å²) >= 11 is 1.88. The molecule has 102 valence electrons. The van der Waals surface area contributed by atoms with Gasteiger partial charge >= 0.3 is 0 Å². The molecular weight excluding hydrogens is 248 g/mol. The Labute approximate surface area is 112 Å². The van der Waals surface area contributed by atoms with Crippen molar-refractivity contribution in [3.05, 3.63) is 11.9 Å². The Bertz CT molecular complexity index is 359. The van der Waals surface area contributed by atoms with E-state index in [4.69, 9.17) is 5.73 Å². The maximum absolute atomic E-state index is 11.8. The molecule has 1 rings (SSSR count). The van der Waals surface area contributed by atoms with Gasteiger partial charge in [-0.05, 0) is 24.9 Å². The fourth-order valence-corrected chi connectivity index (χ4v) is 2.24. The topological polar surface area (TPSA) is 72.9 Å². The maximum atomic E-state index is 11.8. The van der Waals surface area contributed by atoms with Crippen molar-refractivity contribution in [2.75, 3.05) is 24.3 Å². The van der Waals surface area contributed by atoms with Gasteiger partial charge in [-0.3, -0.25) is 9.48 Å². The van der Waals surface area contributed by atoms with Crippen LogP contribution < -0.4 is 11.1 Å². The summed E-state index contributed by atoms with van der Waals surface area (Å²) in [6.07, 6.45) is 8.27. The number of thioether (sulfide) groups is 1. The Morgan fingerprint density at radius 1 is 1.44 bits per heavy atom. The van der Waals surface area contributed by atoms with Crippen LogP contribution in [-0.4, -0.2) is 34.2 Å². The predicted octanol–water partition coefficient (Wildman–Crippen LogP) is 1.66. The van der Waals surface area contributed by atoms with Crippen LogP contribution in [0, 0.1) is 0 Å². The van der Waals surface area contributed by atoms with Gasteiger partial charge in [-0.2, -0.15) is 16.9 Å². The minimum Gasteiger partial charge on any atom is -0.396 e. The summed E-state index contributed by atoms with van der Waals surface area (Å²) in [5.74, 6) is 1.08. The number of unbranched alkanes of at least 4 members (excludes halogenated alkanes) is 3. The van der Waals surface area contributed by atoms with E-state index in [0.717, 1.165) is 12.8 Å². The van der Waals surface area contributed by atoms with Crippen molar-refractivity contribution in [2.24, 2.45) is 7.05 Å². The van der Waals surface area contributed by atoms with E-state index < -0.39 is 0 Å². The van der Waals surface area contributed by atoms with Crippen LogP contribution >= 0.6 is 11.8 Å². The van der Waals surface area contributed by atoms with Gasteiger partial charge in [0.1, 0.15) is 5.69 Å². The number of nitrogens with zero attached hydrogens (tertiary/aromatic N) is 2. The molecule has 0 aromatic carbocycles. The Balaban J connectivity index is 2.18. The lowest BCUT2D eigenvalue weighted by Crippen LogP contribution is -2.27. The molecule has 0 bridgehead atoms. The van der Waals surface area contributed by atoms with Crippen LogP contribution in [0.15, 0.2) is 6.20 Å². The first kappa shape index (κ1) is 14.9. The quantitative estimate of drug-likeness (QED) is 0.705. The van der Waals surface area contributed by atoms with E-state index in [1.165, 1.54) is 29.5 Å². The maximum Gasteiger partial charge on any atom is 0.271 e. The van der Waals surface area contributed by atoms with E-state index in [2.05, 4.69) is 16.7 Å². The van der Waals surface area contributed by atoms with Gasteiger partial charge in [0.15, 0.2) is 0 Å². The van der Waals surface area contributed by atoms with Crippen molar-refractivity contribution in [3.8, 4) is 0 Å². The Morgan fingerprint density at radius 2 is 2.17 bits per heavy atom. The number of nitrogen functional groups attached to an aromatic ring is 1. The third kappa shape index (κ3) is 4.60. The predicted molar refractivity (Wildman–Crippen MR) is 76.8 cm³/mol. The molecule has 0 atom stereocenters. The Kier molecular flexibility index (Phi) is 6.64. The van der Waals surface area contributed by atoms with E-state index in [0.29, 0.717) is 17.9 Å². The summed E-state index contributed by atoms with van der Waals surface area (Å²) in [6.45, 7) is 0.697. The molecule has 0 spiro atoms. The number of aryl methyl sites for hydroxylation is 1. The number of carbonyl (C=O) groups is 1. The van der Waals surface area contributed by atoms with Gasteiger partial charge in [-0.25, -0.2) is 0 Å². The normalized spacial score (nSPS) is 10.6. The average Bonchev–Trinajstić information content (AvgIpc) is 2.68. The standard InChI is InChI=1S/C12H22N4OS/c1-16-11(10(13)9-15-16)12(17)14-7-5-3-4-6-8-18-2/h9H,3-8,13H2,1-2H3,(H,14,17). The number of amides is 1. The lowest BCUT2D eigenvalue weighted by atomic mass is 10.2. The van der Waals surface area contributed by atoms with E-state index in [1.54, 1.807) is 7.05 Å². The SMILES string of the molecule is CSCCCCCCNC(=O)c1c(N)cnn1C. The number of anilines is 1. The van der Waals surface area contributed by atoms with Crippen molar-refractivity contribution < 1.29 is 4.79 Å². The zero-order valence-corrected chi connectivity index (χ0v) is 11.9. The second kappa shape index (κ2) is 8.02. The van der Waals surface area contributed by atoms with E-state index in [-0.39, 0.29) is 5.91 Å². The fraction of sp³-hybridized carbons (Fsp3) is 0.667. The van der Waals surface area contributed by atoms with E-state index >= 15 is 0 Å². The second-order valence-corrected chi connectivity index (χ2v) is 5.22. The molecule has 5 nitrogen and oxygen atoms in total. The third-order valence-electron chi connectivity index (χ3n) is 2.74. The monoisotopic (exact) mass is 270 g/mol. The van der Waals surface area contributed by atoms with Crippen LogP contribution in [0.5, 0.6) is 0 Å². The number of hydrogen-bond donors (Lipinski definition) is 2. The average molecular weight is 270 g/mol. The fourth-order valence-electron chi connectivity index (χ4n) is 1.74. The summed E-state index contributed by atoms with van der Waals surface area (Å²) in [5.41, 5.74) is 6.55. The smallest absolute Gasteiger partial charge is 0.271 e. The van der Waals surface area contributed by atoms with Gasteiger partial charge in [0.25, 0.3) is 5.91 Å². The molecule has 0 saturated carbocycles. The zero-order chi connectivity index (χ0) is 13.4. The van der Waals surface area contributed by atoms with E-state index in [9.17, 15) is 4.79 Å². The number of nitrogens with one attached hydrogen (secondary N) is 1. The lowest BCUT2D eigenvalue weighted by Gasteiger charge is -2.06. The van der Waals surface area contributed by atoms with Crippen molar-refractivity contribution in [1.82, 2.24) is 15.1 Å². The summed E-state index contributed by atoms with van der Waals surface area (Å²) < 4.78 is 1.50. The highest BCUT2D eigenvalue weighted by atomic mass is 32.2. The number of carbonyl (C=O) groups excluding carboxylic acids is 1. The highest BCUT2D eigenvalue weighted by Gasteiger charge is 2.13. The van der Waals surface area contributed by atoms with Crippen LogP contribution in [0.2, 0.25) is 0 Å². The van der Waals surface area contributed by atoms with Crippen molar-refractivity contribution >= 4 is 23.4 Å². The molecule has 1 aromatic heterocycles. The molecule has 0 saturated heterocycles. The minimum atomic E-state index is -0.142. The number of rotatable bonds is 8. The van der Waals surface area contributed by atoms with Crippen molar-refractivity contribution in [1.29, 1.82) is 0 Å². The van der Waals surface area contributed by atoms with Crippen LogP contribution in [0.4, 0.5) is 5.69 Å². The van der Waals surface area contributed by atoms with Gasteiger partial charge in [0, 0.05) is 13.6 Å². The lowest BCUT2D eigenvalue weighted by molar-refractivity contribution is 0.0944. The molecule has 0 aliphatic heterocycles. The van der Waals surface area contributed by atoms with Gasteiger partial charge < -0.3 is 11.1 Å². The van der Waals surface area contributed by atoms with Gasteiger partial charge in [-0.15, -0.1) is 0 Å². The zero-order valence-electron chi connectivity index (χ0n) is 11.1. The highest BCUT2D eigenvalue weighted by Crippen LogP contribution is 2.09. The molecule has 1 heterocycles. The molecular formula is C12H22N4OS. The minimum absolute atomic E-state index is 0.142. The number of hydrogen-bond acceptors (Lipinski definition) is 4. The second-order valence-electron chi connectivity index (χ2n) is 4.24. The molecule has 1 aromatic rings. The summed E-state index contributed by atoms with van der Waals surface area (Å²) in [6, 6.07) is 0. The molecule has 3 N–H and O–H groups in total. The summed E-state index contributed by atoms with van der Waals surface area (Å²) in [5, 5.41) is 6.82.